The van der Waals surface area contributed by atoms with Crippen molar-refractivity contribution in [2.24, 2.45) is 29.6 Å². The van der Waals surface area contributed by atoms with Gasteiger partial charge in [0.25, 0.3) is 0 Å². The van der Waals surface area contributed by atoms with E-state index in [0.29, 0.717) is 18.4 Å². The molecule has 0 aliphatic heterocycles. The smallest absolute Gasteiger partial charge is 0.335 e. The van der Waals surface area contributed by atoms with Crippen LogP contribution in [0, 0.1) is 29.6 Å². The van der Waals surface area contributed by atoms with Crippen LogP contribution in [0.15, 0.2) is 12.2 Å². The minimum absolute atomic E-state index is 0.128. The molecular formula is C27H50O4. The number of carbonyl (C=O) groups excluding carboxylic acids is 1. The molecule has 3 atom stereocenters. The van der Waals surface area contributed by atoms with Crippen LogP contribution < -0.4 is 0 Å². The van der Waals surface area contributed by atoms with Crippen molar-refractivity contribution < 1.29 is 19.4 Å². The number of unbranched alkanes of at least 4 members (excludes halogenated alkanes) is 1. The molecule has 1 N–H and O–H groups in total. The van der Waals surface area contributed by atoms with Crippen LogP contribution >= 0.6 is 0 Å². The Kier molecular flexibility index (Phi) is 15.2. The molecule has 1 aliphatic rings. The summed E-state index contributed by atoms with van der Waals surface area (Å²) in [6.45, 7) is 11.5. The standard InChI is InChI=1S/C27H50O4/c1-6-8-9-21(3)10-11-23(7-2)24-12-14-25(15-13-24)26(16-18-30-5)17-19-31-27(29)22(4)20-28/h21,23-26,28H,4,6-20H2,1-3,5H3. The molecule has 1 saturated carbocycles. The largest absolute Gasteiger partial charge is 0.462 e. The number of ether oxygens (including phenoxy) is 2. The molecule has 4 heteroatoms. The maximum Gasteiger partial charge on any atom is 0.335 e. The number of hydrogen-bond donors (Lipinski definition) is 1. The Balaban J connectivity index is 2.48. The molecule has 0 bridgehead atoms. The Bertz CT molecular complexity index is 482. The van der Waals surface area contributed by atoms with Gasteiger partial charge in [0.15, 0.2) is 0 Å². The number of methoxy groups -OCH3 is 1. The highest BCUT2D eigenvalue weighted by atomic mass is 16.5. The van der Waals surface area contributed by atoms with Crippen molar-refractivity contribution in [2.45, 2.75) is 97.8 Å². The van der Waals surface area contributed by atoms with Crippen LogP contribution in [0.1, 0.15) is 97.8 Å². The van der Waals surface area contributed by atoms with Gasteiger partial charge in [-0.15, -0.1) is 0 Å². The van der Waals surface area contributed by atoms with E-state index in [0.717, 1.165) is 37.2 Å². The second-order valence-electron chi connectivity index (χ2n) is 9.90. The molecule has 0 saturated heterocycles. The van der Waals surface area contributed by atoms with Gasteiger partial charge in [-0.1, -0.05) is 59.5 Å². The third-order valence-electron chi connectivity index (χ3n) is 7.65. The van der Waals surface area contributed by atoms with Crippen LogP contribution in [-0.2, 0) is 14.3 Å². The lowest BCUT2D eigenvalue weighted by Gasteiger charge is -2.37. The quantitative estimate of drug-likeness (QED) is 0.206. The first kappa shape index (κ1) is 28.2. The highest BCUT2D eigenvalue weighted by Gasteiger charge is 2.30. The van der Waals surface area contributed by atoms with Gasteiger partial charge in [-0.2, -0.15) is 0 Å². The van der Waals surface area contributed by atoms with E-state index in [4.69, 9.17) is 14.6 Å². The Labute approximate surface area is 192 Å². The normalized spacial score (nSPS) is 22.0. The third kappa shape index (κ3) is 11.0. The van der Waals surface area contributed by atoms with E-state index in [-0.39, 0.29) is 12.2 Å². The first-order chi connectivity index (χ1) is 15.0. The summed E-state index contributed by atoms with van der Waals surface area (Å²) in [6.07, 6.45) is 15.3. The van der Waals surface area contributed by atoms with Crippen LogP contribution in [0.2, 0.25) is 0 Å². The van der Waals surface area contributed by atoms with Gasteiger partial charge < -0.3 is 14.6 Å². The van der Waals surface area contributed by atoms with Gasteiger partial charge in [0.2, 0.25) is 0 Å². The molecule has 0 radical (unpaired) electrons. The molecule has 0 aromatic heterocycles. The van der Waals surface area contributed by atoms with Gasteiger partial charge in [0.05, 0.1) is 18.8 Å². The maximum absolute atomic E-state index is 11.8. The van der Waals surface area contributed by atoms with Crippen LogP contribution in [0.25, 0.3) is 0 Å². The van der Waals surface area contributed by atoms with Crippen molar-refractivity contribution >= 4 is 5.97 Å². The van der Waals surface area contributed by atoms with Crippen molar-refractivity contribution in [3.8, 4) is 0 Å². The molecule has 182 valence electrons. The maximum atomic E-state index is 11.8. The van der Waals surface area contributed by atoms with Crippen molar-refractivity contribution in [3.63, 3.8) is 0 Å². The molecule has 1 rings (SSSR count). The zero-order chi connectivity index (χ0) is 23.1. The van der Waals surface area contributed by atoms with Crippen LogP contribution in [0.5, 0.6) is 0 Å². The summed E-state index contributed by atoms with van der Waals surface area (Å²) in [7, 11) is 1.76. The average Bonchev–Trinajstić information content (AvgIpc) is 2.80. The lowest BCUT2D eigenvalue weighted by Crippen LogP contribution is -2.27. The lowest BCUT2D eigenvalue weighted by atomic mass is 9.69. The van der Waals surface area contributed by atoms with E-state index in [1.54, 1.807) is 7.11 Å². The van der Waals surface area contributed by atoms with Gasteiger partial charge in [-0.3, -0.25) is 0 Å². The summed E-state index contributed by atoms with van der Waals surface area (Å²) in [5, 5.41) is 9.01. The minimum atomic E-state index is -0.476. The van der Waals surface area contributed by atoms with Crippen molar-refractivity contribution in [2.75, 3.05) is 26.9 Å². The summed E-state index contributed by atoms with van der Waals surface area (Å²) < 4.78 is 10.7. The second kappa shape index (κ2) is 16.7. The third-order valence-corrected chi connectivity index (χ3v) is 7.65. The summed E-state index contributed by atoms with van der Waals surface area (Å²) in [4.78, 5) is 11.8. The minimum Gasteiger partial charge on any atom is -0.462 e. The first-order valence-corrected chi connectivity index (χ1v) is 12.9. The zero-order valence-electron chi connectivity index (χ0n) is 20.9. The van der Waals surface area contributed by atoms with Gasteiger partial charge in [-0.25, -0.2) is 4.79 Å². The monoisotopic (exact) mass is 438 g/mol. The van der Waals surface area contributed by atoms with E-state index < -0.39 is 5.97 Å². The number of aliphatic hydroxyl groups is 1. The van der Waals surface area contributed by atoms with Crippen molar-refractivity contribution in [1.82, 2.24) is 0 Å². The highest BCUT2D eigenvalue weighted by molar-refractivity contribution is 5.87. The van der Waals surface area contributed by atoms with Crippen LogP contribution in [0.3, 0.4) is 0 Å². The predicted molar refractivity (Wildman–Crippen MR) is 129 cm³/mol. The molecule has 0 aromatic carbocycles. The average molecular weight is 439 g/mol. The van der Waals surface area contributed by atoms with Gasteiger partial charge in [0, 0.05) is 13.7 Å². The molecular weight excluding hydrogens is 388 g/mol. The van der Waals surface area contributed by atoms with Crippen LogP contribution in [0.4, 0.5) is 0 Å². The van der Waals surface area contributed by atoms with Gasteiger partial charge in [-0.05, 0) is 74.5 Å². The number of esters is 1. The fourth-order valence-electron chi connectivity index (χ4n) is 5.41. The number of rotatable bonds is 17. The fraction of sp³-hybridized carbons (Fsp3) is 0.889. The van der Waals surface area contributed by atoms with E-state index in [1.165, 1.54) is 64.2 Å². The molecule has 3 unspecified atom stereocenters. The van der Waals surface area contributed by atoms with E-state index in [2.05, 4.69) is 27.4 Å². The summed E-state index contributed by atoms with van der Waals surface area (Å²) in [6, 6.07) is 0. The number of carbonyl (C=O) groups is 1. The summed E-state index contributed by atoms with van der Waals surface area (Å²) in [5.41, 5.74) is 0.128. The molecule has 0 heterocycles. The Hall–Kier alpha value is -0.870. The van der Waals surface area contributed by atoms with Gasteiger partial charge >= 0.3 is 5.97 Å². The second-order valence-corrected chi connectivity index (χ2v) is 9.90. The molecule has 0 aromatic rings. The van der Waals surface area contributed by atoms with E-state index in [1.807, 2.05) is 0 Å². The SMILES string of the molecule is C=C(CO)C(=O)OCCC(CCOC)C1CCC(C(CC)CCC(C)CCCC)CC1. The predicted octanol–water partition coefficient (Wildman–Crippen LogP) is 6.56. The van der Waals surface area contributed by atoms with Crippen molar-refractivity contribution in [3.05, 3.63) is 12.2 Å². The van der Waals surface area contributed by atoms with Gasteiger partial charge in [0.1, 0.15) is 0 Å². The summed E-state index contributed by atoms with van der Waals surface area (Å²) in [5.74, 6) is 3.39. The molecule has 4 nitrogen and oxygen atoms in total. The van der Waals surface area contributed by atoms with E-state index in [9.17, 15) is 4.79 Å². The molecule has 0 spiro atoms. The molecule has 0 amide bonds. The molecule has 1 fully saturated rings. The molecule has 31 heavy (non-hydrogen) atoms. The Morgan fingerprint density at radius 3 is 2.13 bits per heavy atom. The number of aliphatic hydroxyl groups excluding tert-OH is 1. The zero-order valence-corrected chi connectivity index (χ0v) is 20.9. The highest BCUT2D eigenvalue weighted by Crippen LogP contribution is 2.41. The fourth-order valence-corrected chi connectivity index (χ4v) is 5.41. The number of hydrogen-bond acceptors (Lipinski definition) is 4. The van der Waals surface area contributed by atoms with Crippen LogP contribution in [-0.4, -0.2) is 38.0 Å². The Morgan fingerprint density at radius 1 is 0.968 bits per heavy atom. The topological polar surface area (TPSA) is 55.8 Å². The van der Waals surface area contributed by atoms with Crippen molar-refractivity contribution in [1.29, 1.82) is 0 Å². The lowest BCUT2D eigenvalue weighted by molar-refractivity contribution is -0.140. The molecule has 1 aliphatic carbocycles. The van der Waals surface area contributed by atoms with E-state index >= 15 is 0 Å². The Morgan fingerprint density at radius 2 is 1.58 bits per heavy atom. The first-order valence-electron chi connectivity index (χ1n) is 12.9. The summed E-state index contributed by atoms with van der Waals surface area (Å²) >= 11 is 0.